The van der Waals surface area contributed by atoms with Gasteiger partial charge in [0.25, 0.3) is 5.91 Å². The van der Waals surface area contributed by atoms with Crippen molar-refractivity contribution in [1.29, 1.82) is 0 Å². The first kappa shape index (κ1) is 17.8. The number of carbonyl (C=O) groups excluding carboxylic acids is 3. The molecule has 0 saturated carbocycles. The zero-order chi connectivity index (χ0) is 18.5. The van der Waals surface area contributed by atoms with E-state index in [-0.39, 0.29) is 24.1 Å². The van der Waals surface area contributed by atoms with Crippen molar-refractivity contribution in [2.75, 3.05) is 16.8 Å². The molecular weight excluding hydrogens is 332 g/mol. The fourth-order valence-electron chi connectivity index (χ4n) is 2.88. The summed E-state index contributed by atoms with van der Waals surface area (Å²) in [4.78, 5) is 41.3. The fourth-order valence-corrected chi connectivity index (χ4v) is 2.88. The van der Waals surface area contributed by atoms with Gasteiger partial charge in [-0.25, -0.2) is 4.90 Å². The molecule has 0 radical (unpaired) electrons. The minimum Gasteiger partial charge on any atom is -0.326 e. The molecule has 3 amide bonds. The third-order valence-corrected chi connectivity index (χ3v) is 4.09. The second kappa shape index (κ2) is 7.88. The molecule has 3 rings (SSSR count). The average molecular weight is 352 g/mol. The molecule has 2 heterocycles. The van der Waals surface area contributed by atoms with Crippen LogP contribution in [0.25, 0.3) is 0 Å². The highest BCUT2D eigenvalue weighted by Gasteiger charge is 2.39. The maximum Gasteiger partial charge on any atom is 0.251 e. The van der Waals surface area contributed by atoms with E-state index in [1.54, 1.807) is 30.5 Å². The van der Waals surface area contributed by atoms with E-state index in [1.807, 2.05) is 18.2 Å². The number of benzene rings is 1. The Morgan fingerprint density at radius 2 is 1.96 bits per heavy atom. The Kier molecular flexibility index (Phi) is 5.38. The third-order valence-electron chi connectivity index (χ3n) is 4.09. The van der Waals surface area contributed by atoms with E-state index < -0.39 is 6.04 Å². The van der Waals surface area contributed by atoms with Gasteiger partial charge in [-0.15, -0.1) is 0 Å². The van der Waals surface area contributed by atoms with Crippen LogP contribution in [0.5, 0.6) is 0 Å². The molecule has 1 aliphatic heterocycles. The zero-order valence-electron chi connectivity index (χ0n) is 14.4. The molecule has 0 spiro atoms. The van der Waals surface area contributed by atoms with Gasteiger partial charge in [-0.2, -0.15) is 0 Å². The molecule has 1 aromatic carbocycles. The highest BCUT2D eigenvalue weighted by Crippen LogP contribution is 2.24. The van der Waals surface area contributed by atoms with Crippen LogP contribution in [-0.4, -0.2) is 35.3 Å². The van der Waals surface area contributed by atoms with Crippen LogP contribution in [0.1, 0.15) is 19.0 Å². The molecule has 0 bridgehead atoms. The van der Waals surface area contributed by atoms with Crippen LogP contribution < -0.4 is 15.5 Å². The molecule has 1 unspecified atom stereocenters. The SMILES string of the molecule is CC(=O)Nc1ccc(N2C(=O)CC(NCCc3ccccn3)C2=O)cc1. The van der Waals surface area contributed by atoms with Gasteiger partial charge in [0.2, 0.25) is 11.8 Å². The third kappa shape index (κ3) is 4.12. The Hall–Kier alpha value is -3.06. The summed E-state index contributed by atoms with van der Waals surface area (Å²) in [5, 5.41) is 5.79. The Balaban J connectivity index is 1.60. The lowest BCUT2D eigenvalue weighted by atomic mass is 10.2. The topological polar surface area (TPSA) is 91.4 Å². The maximum atomic E-state index is 12.6. The normalized spacial score (nSPS) is 16.8. The van der Waals surface area contributed by atoms with Crippen molar-refractivity contribution in [3.63, 3.8) is 0 Å². The van der Waals surface area contributed by atoms with E-state index in [9.17, 15) is 14.4 Å². The average Bonchev–Trinajstić information content (AvgIpc) is 2.90. The second-order valence-electron chi connectivity index (χ2n) is 6.08. The lowest BCUT2D eigenvalue weighted by molar-refractivity contribution is -0.121. The molecule has 1 fully saturated rings. The summed E-state index contributed by atoms with van der Waals surface area (Å²) in [6, 6.07) is 11.8. The highest BCUT2D eigenvalue weighted by molar-refractivity contribution is 6.22. The predicted octanol–water partition coefficient (Wildman–Crippen LogP) is 1.50. The highest BCUT2D eigenvalue weighted by atomic mass is 16.2. The van der Waals surface area contributed by atoms with Gasteiger partial charge in [-0.05, 0) is 36.4 Å². The van der Waals surface area contributed by atoms with Crippen molar-refractivity contribution in [2.24, 2.45) is 0 Å². The molecule has 1 aromatic heterocycles. The first-order chi connectivity index (χ1) is 12.5. The standard InChI is InChI=1S/C19H20N4O3/c1-13(24)22-15-5-7-16(8-6-15)23-18(25)12-17(19(23)26)21-11-9-14-4-2-3-10-20-14/h2-8,10,17,21H,9,11-12H2,1H3,(H,22,24). The number of carbonyl (C=O) groups is 3. The number of nitrogens with one attached hydrogen (secondary N) is 2. The minimum absolute atomic E-state index is 0.133. The Labute approximate surface area is 151 Å². The lowest BCUT2D eigenvalue weighted by Crippen LogP contribution is -2.39. The minimum atomic E-state index is -0.527. The summed E-state index contributed by atoms with van der Waals surface area (Å²) < 4.78 is 0. The number of nitrogens with zero attached hydrogens (tertiary/aromatic N) is 2. The van der Waals surface area contributed by atoms with Gasteiger partial charge >= 0.3 is 0 Å². The van der Waals surface area contributed by atoms with Crippen molar-refractivity contribution < 1.29 is 14.4 Å². The van der Waals surface area contributed by atoms with Gasteiger partial charge in [0, 0.05) is 37.5 Å². The first-order valence-electron chi connectivity index (χ1n) is 8.42. The zero-order valence-corrected chi connectivity index (χ0v) is 14.4. The van der Waals surface area contributed by atoms with Crippen molar-refractivity contribution in [1.82, 2.24) is 10.3 Å². The smallest absolute Gasteiger partial charge is 0.251 e. The number of rotatable bonds is 6. The molecular formula is C19H20N4O3. The Morgan fingerprint density at radius 1 is 1.19 bits per heavy atom. The van der Waals surface area contributed by atoms with Crippen LogP contribution in [0.15, 0.2) is 48.7 Å². The first-order valence-corrected chi connectivity index (χ1v) is 8.42. The summed E-state index contributed by atoms with van der Waals surface area (Å²) >= 11 is 0. The van der Waals surface area contributed by atoms with Crippen LogP contribution in [0.3, 0.4) is 0 Å². The molecule has 7 heteroatoms. The van der Waals surface area contributed by atoms with E-state index in [2.05, 4.69) is 15.6 Å². The van der Waals surface area contributed by atoms with Gasteiger partial charge in [-0.3, -0.25) is 19.4 Å². The quantitative estimate of drug-likeness (QED) is 0.769. The monoisotopic (exact) mass is 352 g/mol. The maximum absolute atomic E-state index is 12.6. The lowest BCUT2D eigenvalue weighted by Gasteiger charge is -2.16. The van der Waals surface area contributed by atoms with Crippen molar-refractivity contribution >= 4 is 29.1 Å². The molecule has 2 aromatic rings. The number of imide groups is 1. The summed E-state index contributed by atoms with van der Waals surface area (Å²) in [7, 11) is 0. The summed E-state index contributed by atoms with van der Waals surface area (Å²) in [6.07, 6.45) is 2.55. The Morgan fingerprint density at radius 3 is 2.62 bits per heavy atom. The molecule has 26 heavy (non-hydrogen) atoms. The van der Waals surface area contributed by atoms with Crippen LogP contribution in [0.2, 0.25) is 0 Å². The van der Waals surface area contributed by atoms with Gasteiger partial charge in [-0.1, -0.05) is 6.07 Å². The second-order valence-corrected chi connectivity index (χ2v) is 6.08. The van der Waals surface area contributed by atoms with Crippen LogP contribution in [0, 0.1) is 0 Å². The van der Waals surface area contributed by atoms with Crippen molar-refractivity contribution in [3.8, 4) is 0 Å². The van der Waals surface area contributed by atoms with Gasteiger partial charge in [0.05, 0.1) is 18.2 Å². The van der Waals surface area contributed by atoms with E-state index in [1.165, 1.54) is 11.8 Å². The van der Waals surface area contributed by atoms with E-state index in [4.69, 9.17) is 0 Å². The van der Waals surface area contributed by atoms with Crippen molar-refractivity contribution in [2.45, 2.75) is 25.8 Å². The van der Waals surface area contributed by atoms with Gasteiger partial charge < -0.3 is 10.6 Å². The molecule has 1 atom stereocenters. The largest absolute Gasteiger partial charge is 0.326 e. The molecule has 7 nitrogen and oxygen atoms in total. The van der Waals surface area contributed by atoms with Crippen molar-refractivity contribution in [3.05, 3.63) is 54.4 Å². The molecule has 1 aliphatic rings. The number of anilines is 2. The number of hydrogen-bond acceptors (Lipinski definition) is 5. The molecule has 0 aliphatic carbocycles. The van der Waals surface area contributed by atoms with E-state index in [0.717, 1.165) is 5.69 Å². The van der Waals surface area contributed by atoms with Crippen LogP contribution in [0.4, 0.5) is 11.4 Å². The Bertz CT molecular complexity index is 805. The van der Waals surface area contributed by atoms with E-state index in [0.29, 0.717) is 24.3 Å². The summed E-state index contributed by atoms with van der Waals surface area (Å²) in [6.45, 7) is 1.98. The molecule has 2 N–H and O–H groups in total. The fraction of sp³-hybridized carbons (Fsp3) is 0.263. The van der Waals surface area contributed by atoms with Crippen LogP contribution >= 0.6 is 0 Å². The van der Waals surface area contributed by atoms with Gasteiger partial charge in [0.15, 0.2) is 0 Å². The molecule has 1 saturated heterocycles. The summed E-state index contributed by atoms with van der Waals surface area (Å²) in [5.41, 5.74) is 2.05. The number of hydrogen-bond donors (Lipinski definition) is 2. The summed E-state index contributed by atoms with van der Waals surface area (Å²) in [5.74, 6) is -0.677. The number of aromatic nitrogens is 1. The van der Waals surface area contributed by atoms with Crippen LogP contribution in [-0.2, 0) is 20.8 Å². The van der Waals surface area contributed by atoms with E-state index >= 15 is 0 Å². The number of amides is 3. The molecule has 134 valence electrons. The predicted molar refractivity (Wildman–Crippen MR) is 97.6 cm³/mol. The number of pyridine rings is 1. The van der Waals surface area contributed by atoms with Gasteiger partial charge in [0.1, 0.15) is 0 Å².